The third-order valence-corrected chi connectivity index (χ3v) is 9.31. The molecule has 0 radical (unpaired) electrons. The second-order valence-corrected chi connectivity index (χ2v) is 12.6. The SMILES string of the molecule is COc1cc([C@@H]2c3cc4c(cc3[C@@H](O[C@@H]3O[C@@H]5CO[C@@H](C)O[C@H]5[C@H](O)[C@H]3O)[C@H]3COC(=O)[C@H]23)OCO4)cc(OC)c1OS(O)(O)O. The van der Waals surface area contributed by atoms with Gasteiger partial charge in [-0.1, -0.05) is 0 Å². The monoisotopic (exact) mass is 670 g/mol. The third-order valence-electron chi connectivity index (χ3n) is 8.92. The summed E-state index contributed by atoms with van der Waals surface area (Å²) >= 11 is -4.45. The minimum atomic E-state index is -4.45. The maximum absolute atomic E-state index is 13.5. The Morgan fingerprint density at radius 2 is 1.54 bits per heavy atom. The van der Waals surface area contributed by atoms with Crippen molar-refractivity contribution in [2.75, 3.05) is 34.2 Å². The van der Waals surface area contributed by atoms with Crippen molar-refractivity contribution in [2.24, 2.45) is 11.8 Å². The highest BCUT2D eigenvalue weighted by Gasteiger charge is 2.56. The molecule has 2 aromatic carbocycles. The summed E-state index contributed by atoms with van der Waals surface area (Å²) in [7, 11) is 2.63. The minimum absolute atomic E-state index is 0.0135. The highest BCUT2D eigenvalue weighted by atomic mass is 32.3. The van der Waals surface area contributed by atoms with Gasteiger partial charge >= 0.3 is 5.97 Å². The van der Waals surface area contributed by atoms with E-state index in [9.17, 15) is 28.7 Å². The molecule has 10 atom stereocenters. The van der Waals surface area contributed by atoms with Crippen molar-refractivity contribution in [2.45, 2.75) is 55.9 Å². The van der Waals surface area contributed by atoms with E-state index in [-0.39, 0.29) is 37.3 Å². The first-order chi connectivity index (χ1) is 22.0. The first-order valence-corrected chi connectivity index (χ1v) is 15.9. The van der Waals surface area contributed by atoms with E-state index < -0.39 is 78.0 Å². The fourth-order valence-electron chi connectivity index (χ4n) is 6.92. The molecule has 252 valence electrons. The molecular weight excluding hydrogens is 636 g/mol. The molecule has 1 aliphatic carbocycles. The lowest BCUT2D eigenvalue weighted by Gasteiger charge is -2.47. The predicted octanol–water partition coefficient (Wildman–Crippen LogP) is 2.15. The average molecular weight is 671 g/mol. The lowest BCUT2D eigenvalue weighted by Crippen LogP contribution is -2.63. The molecule has 5 aliphatic rings. The molecule has 0 spiro atoms. The van der Waals surface area contributed by atoms with E-state index in [1.54, 1.807) is 19.1 Å². The van der Waals surface area contributed by atoms with Gasteiger partial charge in [-0.2, -0.15) is 0 Å². The van der Waals surface area contributed by atoms with Crippen LogP contribution in [0, 0.1) is 11.8 Å². The molecule has 7 rings (SSSR count). The normalized spacial score (nSPS) is 35.0. The minimum Gasteiger partial charge on any atom is -0.493 e. The van der Waals surface area contributed by atoms with Gasteiger partial charge in [0.25, 0.3) is 11.2 Å². The molecule has 5 N–H and O–H groups in total. The van der Waals surface area contributed by atoms with Crippen molar-refractivity contribution >= 4 is 17.1 Å². The molecule has 3 fully saturated rings. The van der Waals surface area contributed by atoms with E-state index in [1.165, 1.54) is 26.4 Å². The number of benzene rings is 2. The fourth-order valence-corrected chi connectivity index (χ4v) is 7.30. The van der Waals surface area contributed by atoms with Crippen molar-refractivity contribution in [3.63, 3.8) is 0 Å². The number of hydrogen-bond acceptors (Lipinski definition) is 16. The van der Waals surface area contributed by atoms with Gasteiger partial charge in [-0.15, -0.1) is 0 Å². The average Bonchev–Trinajstić information content (AvgIpc) is 3.64. The first-order valence-electron chi connectivity index (χ1n) is 14.5. The van der Waals surface area contributed by atoms with Gasteiger partial charge in [-0.25, -0.2) is 0 Å². The number of carbonyl (C=O) groups is 1. The Bertz CT molecular complexity index is 1470. The van der Waals surface area contributed by atoms with E-state index >= 15 is 0 Å². The summed E-state index contributed by atoms with van der Waals surface area (Å²) in [6.07, 6.45) is -7.15. The predicted molar refractivity (Wildman–Crippen MR) is 153 cm³/mol. The number of esters is 1. The first kappa shape index (κ1) is 31.5. The number of fused-ring (bicyclic) bond motifs is 4. The maximum atomic E-state index is 13.5. The Morgan fingerprint density at radius 1 is 0.870 bits per heavy atom. The van der Waals surface area contributed by atoms with Gasteiger partial charge in [0.15, 0.2) is 35.6 Å². The molecule has 4 aliphatic heterocycles. The maximum Gasteiger partial charge on any atom is 0.310 e. The second-order valence-electron chi connectivity index (χ2n) is 11.5. The second kappa shape index (κ2) is 11.9. The fraction of sp³-hybridized carbons (Fsp3) is 0.552. The van der Waals surface area contributed by atoms with Gasteiger partial charge < -0.3 is 57.0 Å². The van der Waals surface area contributed by atoms with Gasteiger partial charge in [0, 0.05) is 11.8 Å². The number of aliphatic hydroxyl groups is 2. The van der Waals surface area contributed by atoms with E-state index in [2.05, 4.69) is 0 Å². The molecule has 0 aromatic heterocycles. The molecule has 0 unspecified atom stereocenters. The van der Waals surface area contributed by atoms with E-state index in [4.69, 9.17) is 46.8 Å². The third kappa shape index (κ3) is 5.39. The van der Waals surface area contributed by atoms with Crippen molar-refractivity contribution in [3.05, 3.63) is 41.0 Å². The zero-order valence-electron chi connectivity index (χ0n) is 24.8. The van der Waals surface area contributed by atoms with Crippen LogP contribution in [0.5, 0.6) is 28.7 Å². The molecule has 4 heterocycles. The lowest BCUT2D eigenvalue weighted by molar-refractivity contribution is -0.364. The van der Waals surface area contributed by atoms with Crippen LogP contribution in [0.25, 0.3) is 0 Å². The van der Waals surface area contributed by atoms with Crippen LogP contribution in [0.15, 0.2) is 24.3 Å². The van der Waals surface area contributed by atoms with Crippen molar-refractivity contribution in [1.29, 1.82) is 0 Å². The quantitative estimate of drug-likeness (QED) is 0.267. The summed E-state index contributed by atoms with van der Waals surface area (Å²) < 4.78 is 85.3. The Balaban J connectivity index is 1.32. The zero-order chi connectivity index (χ0) is 32.5. The van der Waals surface area contributed by atoms with Crippen LogP contribution < -0.4 is 23.1 Å². The largest absolute Gasteiger partial charge is 0.493 e. The molecule has 46 heavy (non-hydrogen) atoms. The van der Waals surface area contributed by atoms with Gasteiger partial charge in [-0.05, 0) is 47.9 Å². The van der Waals surface area contributed by atoms with Crippen LogP contribution in [0.4, 0.5) is 0 Å². The summed E-state index contributed by atoms with van der Waals surface area (Å²) in [5.41, 5.74) is 1.69. The molecule has 0 amide bonds. The number of rotatable bonds is 7. The number of aliphatic hydroxyl groups excluding tert-OH is 2. The molecule has 17 heteroatoms. The summed E-state index contributed by atoms with van der Waals surface area (Å²) in [6.45, 7) is 1.74. The van der Waals surface area contributed by atoms with Gasteiger partial charge in [0.05, 0.1) is 39.5 Å². The van der Waals surface area contributed by atoms with Crippen LogP contribution in [-0.2, 0) is 28.5 Å². The molecule has 0 bridgehead atoms. The highest BCUT2D eigenvalue weighted by molar-refractivity contribution is 8.15. The van der Waals surface area contributed by atoms with Crippen LogP contribution in [-0.4, -0.2) is 101 Å². The smallest absolute Gasteiger partial charge is 0.310 e. The lowest BCUT2D eigenvalue weighted by atomic mass is 9.66. The molecular formula is C29H34O16S. The number of carbonyl (C=O) groups excluding carboxylic acids is 1. The van der Waals surface area contributed by atoms with Crippen LogP contribution in [0.2, 0.25) is 0 Å². The topological polar surface area (TPSA) is 211 Å². The number of hydrogen-bond donors (Lipinski definition) is 5. The molecule has 0 saturated carbocycles. The molecule has 2 aromatic rings. The van der Waals surface area contributed by atoms with Gasteiger partial charge in [-0.3, -0.25) is 18.5 Å². The standard InChI is InChI=1S/C29H34O16S/c1-11-38-9-20-27(42-11)23(30)24(31)29(43-20)44-25-14-7-17-16(40-10-41-17)6-13(14)21(22-15(25)8-39-28(22)32)12-4-18(36-2)26(19(5-12)37-3)45-46(33,34)35/h4-7,11,15,20-25,27,29-31,33-35H,8-10H2,1-3H3/t11-,15+,20-,21-,22+,23-,24-,25-,27-,29+/m1/s1. The summed E-state index contributed by atoms with van der Waals surface area (Å²) in [6, 6.07) is 6.53. The Kier molecular flexibility index (Phi) is 8.12. The van der Waals surface area contributed by atoms with E-state index in [1.807, 2.05) is 0 Å². The summed E-state index contributed by atoms with van der Waals surface area (Å²) in [4.78, 5) is 13.5. The van der Waals surface area contributed by atoms with Crippen molar-refractivity contribution in [1.82, 2.24) is 0 Å². The molecule has 3 saturated heterocycles. The molecule has 16 nitrogen and oxygen atoms in total. The van der Waals surface area contributed by atoms with Crippen LogP contribution >= 0.6 is 11.2 Å². The number of ether oxygens (including phenoxy) is 9. The Labute approximate surface area is 264 Å². The summed E-state index contributed by atoms with van der Waals surface area (Å²) in [5.74, 6) is -2.08. The zero-order valence-corrected chi connectivity index (χ0v) is 25.7. The van der Waals surface area contributed by atoms with Crippen molar-refractivity contribution in [3.8, 4) is 28.7 Å². The van der Waals surface area contributed by atoms with Crippen LogP contribution in [0.1, 0.15) is 35.6 Å². The summed E-state index contributed by atoms with van der Waals surface area (Å²) in [5, 5.41) is 22.0. The Morgan fingerprint density at radius 3 is 2.20 bits per heavy atom. The van der Waals surface area contributed by atoms with Gasteiger partial charge in [0.2, 0.25) is 12.5 Å². The Hall–Kier alpha value is -3.10. The van der Waals surface area contributed by atoms with Crippen molar-refractivity contribution < 1.29 is 75.5 Å². The number of methoxy groups -OCH3 is 2. The highest BCUT2D eigenvalue weighted by Crippen LogP contribution is 2.57. The van der Waals surface area contributed by atoms with Gasteiger partial charge in [0.1, 0.15) is 24.4 Å². The number of cyclic esters (lactones) is 1. The van der Waals surface area contributed by atoms with E-state index in [0.717, 1.165) is 0 Å². The van der Waals surface area contributed by atoms with Crippen LogP contribution in [0.3, 0.4) is 0 Å². The van der Waals surface area contributed by atoms with E-state index in [0.29, 0.717) is 28.2 Å².